The number of rotatable bonds is 4. The molecule has 1 atom stereocenters. The Morgan fingerprint density at radius 1 is 1.25 bits per heavy atom. The predicted molar refractivity (Wildman–Crippen MR) is 85.5 cm³/mol. The Labute approximate surface area is 123 Å². The van der Waals surface area contributed by atoms with E-state index in [0.717, 1.165) is 25.7 Å². The first kappa shape index (κ1) is 15.0. The molecule has 0 aromatic carbocycles. The van der Waals surface area contributed by atoms with Gasteiger partial charge in [-0.25, -0.2) is 0 Å². The van der Waals surface area contributed by atoms with Gasteiger partial charge in [0.1, 0.15) is 0 Å². The van der Waals surface area contributed by atoms with E-state index in [0.29, 0.717) is 0 Å². The van der Waals surface area contributed by atoms with Gasteiger partial charge in [0.05, 0.1) is 0 Å². The minimum absolute atomic E-state index is 0.114. The molecule has 0 spiro atoms. The summed E-state index contributed by atoms with van der Waals surface area (Å²) < 4.78 is 0. The molecule has 1 heteroatoms. The SMILES string of the molecule is CC1=CC=CC(=O)C1CCCC1=C(C)C=CCC1(C)C. The van der Waals surface area contributed by atoms with Gasteiger partial charge in [-0.2, -0.15) is 0 Å². The van der Waals surface area contributed by atoms with Crippen LogP contribution in [0.25, 0.3) is 0 Å². The molecular formula is C19H26O. The minimum Gasteiger partial charge on any atom is -0.294 e. The molecule has 2 rings (SSSR count). The second kappa shape index (κ2) is 5.95. The van der Waals surface area contributed by atoms with Gasteiger partial charge in [0.15, 0.2) is 5.78 Å². The molecule has 0 heterocycles. The number of ketones is 1. The van der Waals surface area contributed by atoms with Crippen molar-refractivity contribution in [2.75, 3.05) is 0 Å². The summed E-state index contributed by atoms with van der Waals surface area (Å²) in [6.07, 6.45) is 14.5. The quantitative estimate of drug-likeness (QED) is 0.689. The largest absolute Gasteiger partial charge is 0.294 e. The van der Waals surface area contributed by atoms with Gasteiger partial charge in [0, 0.05) is 5.92 Å². The first-order chi connectivity index (χ1) is 9.42. The highest BCUT2D eigenvalue weighted by molar-refractivity contribution is 5.95. The lowest BCUT2D eigenvalue weighted by Gasteiger charge is -2.32. The van der Waals surface area contributed by atoms with Crippen LogP contribution in [0.1, 0.15) is 53.4 Å². The van der Waals surface area contributed by atoms with Crippen LogP contribution in [0.2, 0.25) is 0 Å². The van der Waals surface area contributed by atoms with Crippen LogP contribution in [0.3, 0.4) is 0 Å². The van der Waals surface area contributed by atoms with Gasteiger partial charge in [0.25, 0.3) is 0 Å². The first-order valence-electron chi connectivity index (χ1n) is 7.67. The van der Waals surface area contributed by atoms with Crippen molar-refractivity contribution in [3.05, 3.63) is 47.1 Å². The maximum Gasteiger partial charge on any atom is 0.162 e. The van der Waals surface area contributed by atoms with Gasteiger partial charge >= 0.3 is 0 Å². The van der Waals surface area contributed by atoms with Gasteiger partial charge in [-0.3, -0.25) is 4.79 Å². The summed E-state index contributed by atoms with van der Waals surface area (Å²) >= 11 is 0. The maximum atomic E-state index is 11.9. The molecule has 2 aliphatic rings. The topological polar surface area (TPSA) is 17.1 Å². The molecule has 1 unspecified atom stereocenters. The summed E-state index contributed by atoms with van der Waals surface area (Å²) in [7, 11) is 0. The number of hydrogen-bond donors (Lipinski definition) is 0. The van der Waals surface area contributed by atoms with Crippen LogP contribution in [0, 0.1) is 11.3 Å². The van der Waals surface area contributed by atoms with Crippen LogP contribution >= 0.6 is 0 Å². The van der Waals surface area contributed by atoms with Crippen molar-refractivity contribution in [3.63, 3.8) is 0 Å². The van der Waals surface area contributed by atoms with Gasteiger partial charge < -0.3 is 0 Å². The molecule has 0 bridgehead atoms. The first-order valence-corrected chi connectivity index (χ1v) is 7.67. The van der Waals surface area contributed by atoms with E-state index in [1.54, 1.807) is 11.6 Å². The van der Waals surface area contributed by atoms with Crippen LogP contribution in [0.15, 0.2) is 47.1 Å². The Hall–Kier alpha value is -1.37. The van der Waals surface area contributed by atoms with Gasteiger partial charge in [-0.15, -0.1) is 0 Å². The molecule has 20 heavy (non-hydrogen) atoms. The summed E-state index contributed by atoms with van der Waals surface area (Å²) in [5, 5.41) is 0. The van der Waals surface area contributed by atoms with E-state index in [2.05, 4.69) is 45.9 Å². The lowest BCUT2D eigenvalue weighted by molar-refractivity contribution is -0.117. The van der Waals surface area contributed by atoms with Crippen molar-refractivity contribution < 1.29 is 4.79 Å². The fourth-order valence-electron chi connectivity index (χ4n) is 3.43. The van der Waals surface area contributed by atoms with E-state index < -0.39 is 0 Å². The Bertz CT molecular complexity index is 512. The predicted octanol–water partition coefficient (Wildman–Crippen LogP) is 5.16. The number of carbonyl (C=O) groups excluding carboxylic acids is 1. The third-order valence-corrected chi connectivity index (χ3v) is 4.72. The Balaban J connectivity index is 1.96. The Kier molecular flexibility index (Phi) is 4.47. The van der Waals surface area contributed by atoms with Crippen molar-refractivity contribution in [1.82, 2.24) is 0 Å². The van der Waals surface area contributed by atoms with E-state index in [-0.39, 0.29) is 17.1 Å². The van der Waals surface area contributed by atoms with Crippen molar-refractivity contribution >= 4 is 5.78 Å². The highest BCUT2D eigenvalue weighted by atomic mass is 16.1. The van der Waals surface area contributed by atoms with E-state index in [9.17, 15) is 4.79 Å². The van der Waals surface area contributed by atoms with Crippen LogP contribution in [0.5, 0.6) is 0 Å². The fraction of sp³-hybridized carbons (Fsp3) is 0.526. The fourth-order valence-corrected chi connectivity index (χ4v) is 3.43. The highest BCUT2D eigenvalue weighted by Gasteiger charge is 2.26. The summed E-state index contributed by atoms with van der Waals surface area (Å²) in [4.78, 5) is 11.9. The maximum absolute atomic E-state index is 11.9. The molecule has 0 aromatic rings. The molecule has 0 aromatic heterocycles. The zero-order chi connectivity index (χ0) is 14.8. The Morgan fingerprint density at radius 2 is 2.00 bits per heavy atom. The zero-order valence-corrected chi connectivity index (χ0v) is 13.2. The standard InChI is InChI=1S/C19H26O/c1-14-8-5-12-18(20)16(14)10-6-11-17-15(2)9-7-13-19(17,3)4/h5,7-9,12,16H,6,10-11,13H2,1-4H3. The van der Waals surface area contributed by atoms with Gasteiger partial charge in [-0.05, 0) is 51.0 Å². The molecule has 0 amide bonds. The zero-order valence-electron chi connectivity index (χ0n) is 13.2. The summed E-state index contributed by atoms with van der Waals surface area (Å²) in [6.45, 7) is 8.94. The molecule has 0 fully saturated rings. The lowest BCUT2D eigenvalue weighted by Crippen LogP contribution is -2.19. The lowest BCUT2D eigenvalue weighted by atomic mass is 9.73. The van der Waals surface area contributed by atoms with Gasteiger partial charge in [-0.1, -0.05) is 54.9 Å². The molecule has 0 saturated carbocycles. The van der Waals surface area contributed by atoms with E-state index in [1.165, 1.54) is 11.1 Å². The van der Waals surface area contributed by atoms with Gasteiger partial charge in [0.2, 0.25) is 0 Å². The van der Waals surface area contributed by atoms with E-state index >= 15 is 0 Å². The summed E-state index contributed by atoms with van der Waals surface area (Å²) in [6, 6.07) is 0. The molecule has 1 nitrogen and oxygen atoms in total. The molecular weight excluding hydrogens is 244 g/mol. The summed E-state index contributed by atoms with van der Waals surface area (Å²) in [5.74, 6) is 0.390. The average molecular weight is 270 g/mol. The van der Waals surface area contributed by atoms with Crippen molar-refractivity contribution in [2.45, 2.75) is 53.4 Å². The minimum atomic E-state index is 0.114. The second-order valence-corrected chi connectivity index (χ2v) is 6.77. The molecule has 108 valence electrons. The monoisotopic (exact) mass is 270 g/mol. The number of hydrogen-bond acceptors (Lipinski definition) is 1. The third kappa shape index (κ3) is 3.20. The molecule has 0 saturated heterocycles. The van der Waals surface area contributed by atoms with Crippen molar-refractivity contribution in [2.24, 2.45) is 11.3 Å². The highest BCUT2D eigenvalue weighted by Crippen LogP contribution is 2.40. The van der Waals surface area contributed by atoms with E-state index in [1.807, 2.05) is 6.08 Å². The number of allylic oxidation sites excluding steroid dienone is 8. The third-order valence-electron chi connectivity index (χ3n) is 4.72. The molecule has 0 radical (unpaired) electrons. The molecule has 2 aliphatic carbocycles. The van der Waals surface area contributed by atoms with Crippen LogP contribution in [-0.2, 0) is 4.79 Å². The second-order valence-electron chi connectivity index (χ2n) is 6.77. The van der Waals surface area contributed by atoms with E-state index in [4.69, 9.17) is 0 Å². The average Bonchev–Trinajstić information content (AvgIpc) is 2.35. The molecule has 0 aliphatic heterocycles. The van der Waals surface area contributed by atoms with Crippen LogP contribution < -0.4 is 0 Å². The van der Waals surface area contributed by atoms with Crippen LogP contribution in [-0.4, -0.2) is 5.78 Å². The Morgan fingerprint density at radius 3 is 2.65 bits per heavy atom. The van der Waals surface area contributed by atoms with Crippen molar-refractivity contribution in [1.29, 1.82) is 0 Å². The normalized spacial score (nSPS) is 25.1. The molecule has 0 N–H and O–H groups in total. The van der Waals surface area contributed by atoms with Crippen LogP contribution in [0.4, 0.5) is 0 Å². The number of carbonyl (C=O) groups is 1. The van der Waals surface area contributed by atoms with Crippen molar-refractivity contribution in [3.8, 4) is 0 Å². The smallest absolute Gasteiger partial charge is 0.162 e. The summed E-state index contributed by atoms with van der Waals surface area (Å²) in [5.41, 5.74) is 4.48.